The summed E-state index contributed by atoms with van der Waals surface area (Å²) in [6.07, 6.45) is -0.180. The highest BCUT2D eigenvalue weighted by molar-refractivity contribution is 6.30. The van der Waals surface area contributed by atoms with Gasteiger partial charge >= 0.3 is 6.03 Å². The molecule has 156 valence electrons. The van der Waals surface area contributed by atoms with Crippen LogP contribution in [0.15, 0.2) is 54.6 Å². The van der Waals surface area contributed by atoms with Crippen molar-refractivity contribution in [3.8, 4) is 0 Å². The molecule has 0 saturated carbocycles. The van der Waals surface area contributed by atoms with Gasteiger partial charge < -0.3 is 10.6 Å². The molecule has 0 aromatic heterocycles. The van der Waals surface area contributed by atoms with Crippen LogP contribution in [0.3, 0.4) is 0 Å². The van der Waals surface area contributed by atoms with Crippen molar-refractivity contribution in [2.75, 3.05) is 0 Å². The summed E-state index contributed by atoms with van der Waals surface area (Å²) in [4.78, 5) is 49.4. The SMILES string of the molecule is CC(=O)N[C@H](CC(=O)NN1C(=O)N[C@@](C)(c2ccccc2)C1=O)c1ccc(Cl)cc1. The van der Waals surface area contributed by atoms with Crippen molar-refractivity contribution in [3.63, 3.8) is 0 Å². The molecule has 3 rings (SSSR count). The Hall–Kier alpha value is -3.39. The van der Waals surface area contributed by atoms with Gasteiger partial charge in [-0.25, -0.2) is 4.79 Å². The second-order valence-corrected chi connectivity index (χ2v) is 7.54. The quantitative estimate of drug-likeness (QED) is 0.614. The molecule has 1 saturated heterocycles. The first-order valence-electron chi connectivity index (χ1n) is 9.25. The van der Waals surface area contributed by atoms with E-state index in [-0.39, 0.29) is 12.3 Å². The van der Waals surface area contributed by atoms with E-state index in [9.17, 15) is 19.2 Å². The van der Waals surface area contributed by atoms with Crippen LogP contribution >= 0.6 is 11.6 Å². The number of hydrogen-bond acceptors (Lipinski definition) is 4. The highest BCUT2D eigenvalue weighted by Crippen LogP contribution is 2.28. The molecule has 1 aliphatic rings. The number of nitrogens with one attached hydrogen (secondary N) is 3. The third-order valence-electron chi connectivity index (χ3n) is 4.82. The summed E-state index contributed by atoms with van der Waals surface area (Å²) in [5.41, 5.74) is 2.31. The molecule has 8 nitrogen and oxygen atoms in total. The zero-order chi connectivity index (χ0) is 21.9. The van der Waals surface area contributed by atoms with Gasteiger partial charge in [0.2, 0.25) is 11.8 Å². The predicted molar refractivity (Wildman–Crippen MR) is 110 cm³/mol. The third kappa shape index (κ3) is 4.44. The number of hydrogen-bond donors (Lipinski definition) is 3. The van der Waals surface area contributed by atoms with Gasteiger partial charge in [-0.1, -0.05) is 54.1 Å². The number of nitrogens with zero attached hydrogens (tertiary/aromatic N) is 1. The van der Waals surface area contributed by atoms with Crippen molar-refractivity contribution in [1.29, 1.82) is 0 Å². The molecule has 30 heavy (non-hydrogen) atoms. The van der Waals surface area contributed by atoms with Crippen molar-refractivity contribution in [1.82, 2.24) is 21.1 Å². The molecule has 9 heteroatoms. The first-order valence-corrected chi connectivity index (χ1v) is 9.63. The van der Waals surface area contributed by atoms with E-state index in [0.29, 0.717) is 21.2 Å². The monoisotopic (exact) mass is 428 g/mol. The summed E-state index contributed by atoms with van der Waals surface area (Å²) in [6.45, 7) is 2.91. The lowest BCUT2D eigenvalue weighted by Crippen LogP contribution is -2.48. The molecule has 0 radical (unpaired) electrons. The average Bonchev–Trinajstić information content (AvgIpc) is 2.92. The van der Waals surface area contributed by atoms with E-state index in [1.165, 1.54) is 6.92 Å². The molecule has 5 amide bonds. The average molecular weight is 429 g/mol. The second-order valence-electron chi connectivity index (χ2n) is 7.11. The molecule has 0 aliphatic carbocycles. The van der Waals surface area contributed by atoms with E-state index in [1.54, 1.807) is 61.5 Å². The van der Waals surface area contributed by atoms with Gasteiger partial charge in [0.15, 0.2) is 0 Å². The number of carbonyl (C=O) groups is 4. The Labute approximate surface area is 178 Å². The first kappa shape index (κ1) is 21.3. The Bertz CT molecular complexity index is 980. The highest BCUT2D eigenvalue weighted by atomic mass is 35.5. The van der Waals surface area contributed by atoms with Crippen LogP contribution in [0.25, 0.3) is 0 Å². The Balaban J connectivity index is 1.74. The maximum atomic E-state index is 12.9. The van der Waals surface area contributed by atoms with E-state index < -0.39 is 29.4 Å². The lowest BCUT2D eigenvalue weighted by Gasteiger charge is -2.23. The van der Waals surface area contributed by atoms with Gasteiger partial charge in [0.05, 0.1) is 12.5 Å². The van der Waals surface area contributed by atoms with Gasteiger partial charge in [0, 0.05) is 11.9 Å². The van der Waals surface area contributed by atoms with Crippen LogP contribution < -0.4 is 16.1 Å². The van der Waals surface area contributed by atoms with Crippen LogP contribution in [0.5, 0.6) is 0 Å². The lowest BCUT2D eigenvalue weighted by molar-refractivity contribution is -0.139. The van der Waals surface area contributed by atoms with E-state index in [2.05, 4.69) is 16.1 Å². The number of imide groups is 1. The third-order valence-corrected chi connectivity index (χ3v) is 5.07. The second kappa shape index (κ2) is 8.54. The molecule has 3 N–H and O–H groups in total. The summed E-state index contributed by atoms with van der Waals surface area (Å²) in [5, 5.41) is 6.49. The van der Waals surface area contributed by atoms with Crippen molar-refractivity contribution in [3.05, 3.63) is 70.7 Å². The van der Waals surface area contributed by atoms with E-state index in [1.807, 2.05) is 0 Å². The molecular formula is C21H21ClN4O4. The maximum Gasteiger partial charge on any atom is 0.344 e. The largest absolute Gasteiger partial charge is 0.349 e. The van der Waals surface area contributed by atoms with Crippen molar-refractivity contribution < 1.29 is 19.2 Å². The van der Waals surface area contributed by atoms with Crippen LogP contribution in [0.4, 0.5) is 4.79 Å². The Morgan fingerprint density at radius 2 is 1.73 bits per heavy atom. The van der Waals surface area contributed by atoms with Crippen LogP contribution in [-0.2, 0) is 19.9 Å². The van der Waals surface area contributed by atoms with Gasteiger partial charge in [-0.05, 0) is 30.2 Å². The van der Waals surface area contributed by atoms with Crippen LogP contribution in [0.1, 0.15) is 37.4 Å². The molecule has 0 bridgehead atoms. The number of benzene rings is 2. The molecule has 1 heterocycles. The minimum Gasteiger partial charge on any atom is -0.349 e. The summed E-state index contributed by atoms with van der Waals surface area (Å²) < 4.78 is 0. The van der Waals surface area contributed by atoms with Crippen LogP contribution in [0.2, 0.25) is 5.02 Å². The fourth-order valence-corrected chi connectivity index (χ4v) is 3.38. The topological polar surface area (TPSA) is 108 Å². The number of halogens is 1. The first-order chi connectivity index (χ1) is 14.2. The number of urea groups is 1. The normalized spacial score (nSPS) is 19.2. The minimum atomic E-state index is -1.29. The summed E-state index contributed by atoms with van der Waals surface area (Å²) in [6, 6.07) is 14.0. The molecule has 1 fully saturated rings. The molecule has 1 aliphatic heterocycles. The number of hydrazine groups is 1. The molecule has 0 spiro atoms. The van der Waals surface area contributed by atoms with Crippen LogP contribution in [-0.4, -0.2) is 28.8 Å². The number of carbonyl (C=O) groups excluding carboxylic acids is 4. The Kier molecular flexibility index (Phi) is 6.07. The van der Waals surface area contributed by atoms with Crippen molar-refractivity contribution in [2.45, 2.75) is 31.8 Å². The highest BCUT2D eigenvalue weighted by Gasteiger charge is 2.50. The predicted octanol–water partition coefficient (Wildman–Crippen LogP) is 2.41. The standard InChI is InChI=1S/C21H21ClN4O4/c1-13(27)23-17(14-8-10-16(22)11-9-14)12-18(28)25-26-19(29)21(2,24-20(26)30)15-6-4-3-5-7-15/h3-11,17H,12H2,1-2H3,(H,23,27)(H,24,30)(H,25,28)/t17-,21+/m1/s1. The minimum absolute atomic E-state index is 0.180. The van der Waals surface area contributed by atoms with Gasteiger partial charge in [-0.15, -0.1) is 0 Å². The van der Waals surface area contributed by atoms with E-state index in [4.69, 9.17) is 11.6 Å². The van der Waals surface area contributed by atoms with Crippen LogP contribution in [0, 0.1) is 0 Å². The smallest absolute Gasteiger partial charge is 0.344 e. The fraction of sp³-hybridized carbons (Fsp3) is 0.238. The Morgan fingerprint density at radius 3 is 2.33 bits per heavy atom. The molecule has 2 aromatic carbocycles. The molecular weight excluding hydrogens is 408 g/mol. The van der Waals surface area contributed by atoms with Gasteiger partial charge in [-0.2, -0.15) is 5.01 Å². The van der Waals surface area contributed by atoms with Gasteiger partial charge in [0.25, 0.3) is 5.91 Å². The fourth-order valence-electron chi connectivity index (χ4n) is 3.26. The lowest BCUT2D eigenvalue weighted by atomic mass is 9.92. The van der Waals surface area contributed by atoms with Crippen molar-refractivity contribution in [2.24, 2.45) is 0 Å². The number of rotatable bonds is 6. The Morgan fingerprint density at radius 1 is 1.10 bits per heavy atom. The summed E-state index contributed by atoms with van der Waals surface area (Å²) >= 11 is 5.90. The van der Waals surface area contributed by atoms with Crippen molar-refractivity contribution >= 4 is 35.4 Å². The van der Waals surface area contributed by atoms with E-state index >= 15 is 0 Å². The summed E-state index contributed by atoms with van der Waals surface area (Å²) in [5.74, 6) is -1.53. The molecule has 2 atom stereocenters. The molecule has 2 aromatic rings. The van der Waals surface area contributed by atoms with Gasteiger partial charge in [0.1, 0.15) is 5.54 Å². The zero-order valence-corrected chi connectivity index (χ0v) is 17.2. The number of amides is 5. The summed E-state index contributed by atoms with van der Waals surface area (Å²) in [7, 11) is 0. The zero-order valence-electron chi connectivity index (χ0n) is 16.4. The van der Waals surface area contributed by atoms with Gasteiger partial charge in [-0.3, -0.25) is 19.8 Å². The van der Waals surface area contributed by atoms with E-state index in [0.717, 1.165) is 0 Å². The maximum absolute atomic E-state index is 12.9. The molecule has 0 unspecified atom stereocenters.